The Balaban J connectivity index is 2.07. The molecule has 1 aromatic rings. The lowest BCUT2D eigenvalue weighted by Gasteiger charge is -2.33. The van der Waals surface area contributed by atoms with Gasteiger partial charge >= 0.3 is 0 Å². The maximum absolute atomic E-state index is 12.3. The van der Waals surface area contributed by atoms with Crippen LogP contribution >= 0.6 is 0 Å². The number of rotatable bonds is 4. The minimum Gasteiger partial charge on any atom is -0.285 e. The number of piperidine rings is 1. The third-order valence-corrected chi connectivity index (χ3v) is 5.21. The number of aromatic nitrogens is 2. The van der Waals surface area contributed by atoms with E-state index in [1.165, 1.54) is 0 Å². The number of hydrogen-bond acceptors (Lipinski definition) is 3. The molecule has 102 valence electrons. The number of H-pyrrole nitrogens is 1. The van der Waals surface area contributed by atoms with Crippen molar-refractivity contribution in [2.45, 2.75) is 45.2 Å². The van der Waals surface area contributed by atoms with Gasteiger partial charge in [-0.25, -0.2) is 0 Å². The quantitative estimate of drug-likeness (QED) is 0.864. The van der Waals surface area contributed by atoms with E-state index < -0.39 is 10.2 Å². The summed E-state index contributed by atoms with van der Waals surface area (Å²) in [4.78, 5) is 0. The van der Waals surface area contributed by atoms with Crippen molar-refractivity contribution in [1.82, 2.24) is 19.2 Å². The summed E-state index contributed by atoms with van der Waals surface area (Å²) < 4.78 is 28.8. The van der Waals surface area contributed by atoms with Gasteiger partial charge in [-0.15, -0.1) is 0 Å². The largest absolute Gasteiger partial charge is 0.285 e. The van der Waals surface area contributed by atoms with Crippen molar-refractivity contribution in [3.05, 3.63) is 18.0 Å². The average molecular weight is 272 g/mol. The van der Waals surface area contributed by atoms with Crippen molar-refractivity contribution < 1.29 is 8.42 Å². The highest BCUT2D eigenvalue weighted by Gasteiger charge is 2.30. The van der Waals surface area contributed by atoms with Crippen LogP contribution in [0, 0.1) is 0 Å². The minimum absolute atomic E-state index is 0.0767. The van der Waals surface area contributed by atoms with E-state index in [0.717, 1.165) is 24.8 Å². The number of hydrogen-bond donors (Lipinski definition) is 2. The maximum Gasteiger partial charge on any atom is 0.280 e. The lowest BCUT2D eigenvalue weighted by Crippen LogP contribution is -2.48. The van der Waals surface area contributed by atoms with E-state index >= 15 is 0 Å². The van der Waals surface area contributed by atoms with Crippen LogP contribution in [0.3, 0.4) is 0 Å². The monoisotopic (exact) mass is 272 g/mol. The molecule has 0 spiro atoms. The Bertz CT molecular complexity index is 471. The second-order valence-electron chi connectivity index (χ2n) is 4.83. The summed E-state index contributed by atoms with van der Waals surface area (Å²) in [5, 5.41) is 6.51. The first-order chi connectivity index (χ1) is 8.50. The van der Waals surface area contributed by atoms with Crippen LogP contribution in [0.1, 0.15) is 44.7 Å². The molecule has 6 nitrogen and oxygen atoms in total. The van der Waals surface area contributed by atoms with Gasteiger partial charge in [0.15, 0.2) is 0 Å². The van der Waals surface area contributed by atoms with Gasteiger partial charge in [0.2, 0.25) is 0 Å². The van der Waals surface area contributed by atoms with Crippen LogP contribution in [0.25, 0.3) is 0 Å². The topological polar surface area (TPSA) is 78.1 Å². The fraction of sp³-hybridized carbons (Fsp3) is 0.727. The highest BCUT2D eigenvalue weighted by atomic mass is 32.2. The summed E-state index contributed by atoms with van der Waals surface area (Å²) in [5.74, 6) is 0. The van der Waals surface area contributed by atoms with Gasteiger partial charge in [0.1, 0.15) is 0 Å². The Morgan fingerprint density at radius 2 is 2.33 bits per heavy atom. The molecule has 1 aliphatic heterocycles. The first kappa shape index (κ1) is 13.5. The zero-order valence-electron chi connectivity index (χ0n) is 10.8. The molecule has 0 aromatic carbocycles. The summed E-state index contributed by atoms with van der Waals surface area (Å²) >= 11 is 0. The first-order valence-electron chi connectivity index (χ1n) is 6.28. The molecule has 1 aromatic heterocycles. The molecular weight excluding hydrogens is 252 g/mol. The lowest BCUT2D eigenvalue weighted by atomic mass is 10.1. The molecule has 0 amide bonds. The van der Waals surface area contributed by atoms with Crippen molar-refractivity contribution in [3.63, 3.8) is 0 Å². The van der Waals surface area contributed by atoms with Gasteiger partial charge in [-0.2, -0.15) is 22.5 Å². The van der Waals surface area contributed by atoms with Gasteiger partial charge in [0, 0.05) is 30.4 Å². The van der Waals surface area contributed by atoms with Gasteiger partial charge in [-0.05, 0) is 26.7 Å². The van der Waals surface area contributed by atoms with E-state index in [1.807, 2.05) is 13.8 Å². The second-order valence-corrected chi connectivity index (χ2v) is 6.49. The summed E-state index contributed by atoms with van der Waals surface area (Å²) in [6.07, 6.45) is 6.30. The van der Waals surface area contributed by atoms with Crippen molar-refractivity contribution in [1.29, 1.82) is 0 Å². The lowest BCUT2D eigenvalue weighted by molar-refractivity contribution is 0.264. The highest BCUT2D eigenvalue weighted by molar-refractivity contribution is 7.87. The molecule has 7 heteroatoms. The summed E-state index contributed by atoms with van der Waals surface area (Å²) in [7, 11) is -3.42. The van der Waals surface area contributed by atoms with Gasteiger partial charge < -0.3 is 0 Å². The molecule has 2 unspecified atom stereocenters. The predicted molar refractivity (Wildman–Crippen MR) is 69.1 cm³/mol. The molecule has 2 N–H and O–H groups in total. The Morgan fingerprint density at radius 3 is 2.94 bits per heavy atom. The Kier molecular flexibility index (Phi) is 4.04. The van der Waals surface area contributed by atoms with Gasteiger partial charge in [-0.1, -0.05) is 6.42 Å². The summed E-state index contributed by atoms with van der Waals surface area (Å²) in [5.41, 5.74) is 0.836. The molecule has 0 radical (unpaired) electrons. The van der Waals surface area contributed by atoms with Crippen molar-refractivity contribution in [2.75, 3.05) is 6.54 Å². The van der Waals surface area contributed by atoms with E-state index in [2.05, 4.69) is 14.9 Å². The van der Waals surface area contributed by atoms with Gasteiger partial charge in [-0.3, -0.25) is 5.10 Å². The molecule has 2 rings (SSSR count). The fourth-order valence-corrected chi connectivity index (χ4v) is 3.95. The van der Waals surface area contributed by atoms with Crippen molar-refractivity contribution in [2.24, 2.45) is 0 Å². The number of aromatic amines is 1. The van der Waals surface area contributed by atoms with Crippen LogP contribution in [0.15, 0.2) is 12.4 Å². The Morgan fingerprint density at radius 1 is 1.56 bits per heavy atom. The van der Waals surface area contributed by atoms with Crippen LogP contribution in [0.5, 0.6) is 0 Å². The van der Waals surface area contributed by atoms with Crippen LogP contribution in [-0.2, 0) is 10.2 Å². The van der Waals surface area contributed by atoms with Crippen molar-refractivity contribution >= 4 is 10.2 Å². The molecule has 0 saturated carbocycles. The molecule has 1 fully saturated rings. The van der Waals surface area contributed by atoms with E-state index in [-0.39, 0.29) is 12.1 Å². The standard InChI is InChI=1S/C11H20N4O2S/c1-9-5-3-4-6-15(9)18(16,17)14-10(2)11-7-12-13-8-11/h7-10,14H,3-6H2,1-2H3,(H,12,13). The fourth-order valence-electron chi connectivity index (χ4n) is 2.29. The molecule has 2 heterocycles. The first-order valence-corrected chi connectivity index (χ1v) is 7.72. The molecule has 1 aliphatic rings. The maximum atomic E-state index is 12.3. The zero-order valence-corrected chi connectivity index (χ0v) is 11.6. The minimum atomic E-state index is -3.42. The molecular formula is C11H20N4O2S. The third kappa shape index (κ3) is 2.90. The summed E-state index contributed by atoms with van der Waals surface area (Å²) in [6, 6.07) is -0.198. The van der Waals surface area contributed by atoms with Crippen LogP contribution in [0.2, 0.25) is 0 Å². The smallest absolute Gasteiger partial charge is 0.280 e. The average Bonchev–Trinajstić information content (AvgIpc) is 2.82. The normalized spacial score (nSPS) is 24.0. The molecule has 18 heavy (non-hydrogen) atoms. The highest BCUT2D eigenvalue weighted by Crippen LogP contribution is 2.21. The molecule has 0 bridgehead atoms. The number of nitrogens with zero attached hydrogens (tertiary/aromatic N) is 2. The SMILES string of the molecule is CC(NS(=O)(=O)N1CCCCC1C)c1cn[nH]c1. The van der Waals surface area contributed by atoms with Crippen LogP contribution in [0.4, 0.5) is 0 Å². The number of nitrogens with one attached hydrogen (secondary N) is 2. The van der Waals surface area contributed by atoms with E-state index in [0.29, 0.717) is 6.54 Å². The Hall–Kier alpha value is -0.920. The third-order valence-electron chi connectivity index (χ3n) is 3.40. The van der Waals surface area contributed by atoms with E-state index in [9.17, 15) is 8.42 Å². The second kappa shape index (κ2) is 5.38. The van der Waals surface area contributed by atoms with Crippen molar-refractivity contribution in [3.8, 4) is 0 Å². The Labute approximate surface area is 108 Å². The van der Waals surface area contributed by atoms with Gasteiger partial charge in [0.25, 0.3) is 10.2 Å². The van der Waals surface area contributed by atoms with E-state index in [4.69, 9.17) is 0 Å². The molecule has 0 aliphatic carbocycles. The summed E-state index contributed by atoms with van der Waals surface area (Å²) in [6.45, 7) is 4.38. The predicted octanol–water partition coefficient (Wildman–Crippen LogP) is 1.18. The molecule has 2 atom stereocenters. The molecule has 1 saturated heterocycles. The van der Waals surface area contributed by atoms with Crippen LogP contribution < -0.4 is 4.72 Å². The van der Waals surface area contributed by atoms with Crippen LogP contribution in [-0.4, -0.2) is 35.5 Å². The van der Waals surface area contributed by atoms with E-state index in [1.54, 1.807) is 16.7 Å². The zero-order chi connectivity index (χ0) is 13.2. The van der Waals surface area contributed by atoms with Gasteiger partial charge in [0.05, 0.1) is 6.20 Å².